The number of hydrogen-bond donors (Lipinski definition) is 0. The van der Waals surface area contributed by atoms with Crippen molar-refractivity contribution in [3.63, 3.8) is 0 Å². The first kappa shape index (κ1) is 15.7. The first-order valence-corrected chi connectivity index (χ1v) is 8.83. The second-order valence-corrected chi connectivity index (χ2v) is 6.60. The van der Waals surface area contributed by atoms with Gasteiger partial charge in [-0.3, -0.25) is 4.21 Å². The summed E-state index contributed by atoms with van der Waals surface area (Å²) in [6, 6.07) is 20.1. The summed E-state index contributed by atoms with van der Waals surface area (Å²) in [6.07, 6.45) is 8.81. The molecule has 2 aromatic rings. The molecule has 0 amide bonds. The highest BCUT2D eigenvalue weighted by molar-refractivity contribution is 7.85. The third-order valence-corrected chi connectivity index (χ3v) is 4.77. The van der Waals surface area contributed by atoms with Crippen LogP contribution in [0.15, 0.2) is 71.6 Å². The van der Waals surface area contributed by atoms with Gasteiger partial charge < -0.3 is 0 Å². The molecule has 0 heterocycles. The Morgan fingerprint density at radius 3 is 2.19 bits per heavy atom. The largest absolute Gasteiger partial charge is 0.254 e. The van der Waals surface area contributed by atoms with Crippen molar-refractivity contribution in [2.45, 2.75) is 30.6 Å². The van der Waals surface area contributed by atoms with Crippen molar-refractivity contribution in [2.75, 3.05) is 5.75 Å². The van der Waals surface area contributed by atoms with Crippen LogP contribution in [0.4, 0.5) is 0 Å². The Hall–Kier alpha value is -1.67. The van der Waals surface area contributed by atoms with Gasteiger partial charge in [-0.2, -0.15) is 0 Å². The van der Waals surface area contributed by atoms with Crippen LogP contribution < -0.4 is 0 Å². The van der Waals surface area contributed by atoms with Crippen LogP contribution in [0.2, 0.25) is 0 Å². The minimum absolute atomic E-state index is 0.770. The van der Waals surface area contributed by atoms with Gasteiger partial charge in [0.05, 0.1) is 10.8 Å². The van der Waals surface area contributed by atoms with E-state index in [4.69, 9.17) is 0 Å². The van der Waals surface area contributed by atoms with Crippen molar-refractivity contribution in [3.05, 3.63) is 72.3 Å². The number of rotatable bonds is 8. The maximum Gasteiger partial charge on any atom is 0.0529 e. The second-order valence-electron chi connectivity index (χ2n) is 5.03. The molecule has 0 N–H and O–H groups in total. The molecule has 2 heteroatoms. The normalized spacial score (nSPS) is 12.6. The van der Waals surface area contributed by atoms with Gasteiger partial charge in [0.15, 0.2) is 0 Å². The maximum atomic E-state index is 12.0. The zero-order valence-electron chi connectivity index (χ0n) is 12.3. The number of hydrogen-bond acceptors (Lipinski definition) is 1. The molecule has 0 bridgehead atoms. The number of unbranched alkanes of at least 4 members (excludes halogenated alkanes) is 3. The van der Waals surface area contributed by atoms with Gasteiger partial charge in [0.25, 0.3) is 0 Å². The maximum absolute atomic E-state index is 12.0. The Labute approximate surface area is 130 Å². The van der Waals surface area contributed by atoms with E-state index in [1.165, 1.54) is 5.56 Å². The van der Waals surface area contributed by atoms with E-state index in [1.807, 2.05) is 36.4 Å². The molecule has 0 saturated carbocycles. The summed E-state index contributed by atoms with van der Waals surface area (Å²) in [5.74, 6) is 0.770. The molecule has 0 aliphatic heterocycles. The zero-order valence-corrected chi connectivity index (χ0v) is 13.1. The molecule has 0 aliphatic rings. The highest BCUT2D eigenvalue weighted by Crippen LogP contribution is 2.10. The predicted octanol–water partition coefficient (Wildman–Crippen LogP) is 5.07. The van der Waals surface area contributed by atoms with E-state index in [1.54, 1.807) is 0 Å². The molecule has 2 aromatic carbocycles. The minimum atomic E-state index is -0.838. The van der Waals surface area contributed by atoms with Crippen LogP contribution in [-0.2, 0) is 10.8 Å². The Bertz CT molecular complexity index is 561. The molecule has 1 unspecified atom stereocenters. The smallest absolute Gasteiger partial charge is 0.0529 e. The molecule has 2 rings (SSSR count). The summed E-state index contributed by atoms with van der Waals surface area (Å²) >= 11 is 0. The quantitative estimate of drug-likeness (QED) is 0.622. The van der Waals surface area contributed by atoms with Crippen molar-refractivity contribution in [3.8, 4) is 0 Å². The lowest BCUT2D eigenvalue weighted by atomic mass is 10.1. The van der Waals surface area contributed by atoms with Gasteiger partial charge in [-0.25, -0.2) is 0 Å². The van der Waals surface area contributed by atoms with Crippen molar-refractivity contribution in [1.29, 1.82) is 0 Å². The van der Waals surface area contributed by atoms with Gasteiger partial charge in [-0.15, -0.1) is 0 Å². The molecule has 0 saturated heterocycles. The molecule has 1 nitrogen and oxygen atoms in total. The third-order valence-electron chi connectivity index (χ3n) is 3.32. The van der Waals surface area contributed by atoms with E-state index in [-0.39, 0.29) is 0 Å². The lowest BCUT2D eigenvalue weighted by Crippen LogP contribution is -1.97. The summed E-state index contributed by atoms with van der Waals surface area (Å²) in [5.41, 5.74) is 1.25. The van der Waals surface area contributed by atoms with Crippen molar-refractivity contribution < 1.29 is 4.21 Å². The second kappa shape index (κ2) is 9.30. The summed E-state index contributed by atoms with van der Waals surface area (Å²) in [7, 11) is -0.838. The van der Waals surface area contributed by atoms with Gasteiger partial charge in [0.1, 0.15) is 0 Å². The van der Waals surface area contributed by atoms with Crippen molar-refractivity contribution in [1.82, 2.24) is 0 Å². The molecular formula is C19H22OS. The third kappa shape index (κ3) is 6.09. The van der Waals surface area contributed by atoms with Gasteiger partial charge in [-0.05, 0) is 37.0 Å². The SMILES string of the molecule is O=S(CCCCC/C=C\c1ccccc1)c1ccccc1. The fourth-order valence-electron chi connectivity index (χ4n) is 2.15. The van der Waals surface area contributed by atoms with Crippen LogP contribution in [0.3, 0.4) is 0 Å². The monoisotopic (exact) mass is 298 g/mol. The first-order chi connectivity index (χ1) is 10.4. The topological polar surface area (TPSA) is 17.1 Å². The van der Waals surface area contributed by atoms with Gasteiger partial charge in [0, 0.05) is 10.6 Å². The standard InChI is InChI=1S/C19H22OS/c20-21(19-15-9-5-10-16-19)17-11-3-1-2-6-12-18-13-7-4-8-14-18/h4-10,12-16H,1-3,11,17H2/b12-6-. The van der Waals surface area contributed by atoms with Crippen molar-refractivity contribution in [2.24, 2.45) is 0 Å². The van der Waals surface area contributed by atoms with E-state index >= 15 is 0 Å². The molecule has 0 radical (unpaired) electrons. The fourth-order valence-corrected chi connectivity index (χ4v) is 3.31. The average molecular weight is 298 g/mol. The number of benzene rings is 2. The van der Waals surface area contributed by atoms with Crippen LogP contribution in [0.1, 0.15) is 31.2 Å². The molecule has 1 atom stereocenters. The molecule has 0 spiro atoms. The van der Waals surface area contributed by atoms with E-state index in [2.05, 4.69) is 36.4 Å². The first-order valence-electron chi connectivity index (χ1n) is 7.51. The van der Waals surface area contributed by atoms with Gasteiger partial charge in [0.2, 0.25) is 0 Å². The van der Waals surface area contributed by atoms with Gasteiger partial charge >= 0.3 is 0 Å². The molecule has 0 aliphatic carbocycles. The Kier molecular flexibility index (Phi) is 6.96. The summed E-state index contributed by atoms with van der Waals surface area (Å²) < 4.78 is 12.0. The molecule has 110 valence electrons. The molecule has 0 fully saturated rings. The van der Waals surface area contributed by atoms with Crippen LogP contribution in [0, 0.1) is 0 Å². The van der Waals surface area contributed by atoms with Crippen molar-refractivity contribution >= 4 is 16.9 Å². The molecule has 0 aromatic heterocycles. The zero-order chi connectivity index (χ0) is 14.8. The summed E-state index contributed by atoms with van der Waals surface area (Å²) in [5, 5.41) is 0. The van der Waals surface area contributed by atoms with Gasteiger partial charge in [-0.1, -0.05) is 67.1 Å². The highest BCUT2D eigenvalue weighted by atomic mass is 32.2. The van der Waals surface area contributed by atoms with E-state index in [0.29, 0.717) is 0 Å². The van der Waals surface area contributed by atoms with Crippen LogP contribution in [0.25, 0.3) is 6.08 Å². The van der Waals surface area contributed by atoms with Crippen LogP contribution >= 0.6 is 0 Å². The lowest BCUT2D eigenvalue weighted by molar-refractivity contribution is 0.673. The van der Waals surface area contributed by atoms with Crippen LogP contribution in [0.5, 0.6) is 0 Å². The molecule has 21 heavy (non-hydrogen) atoms. The highest BCUT2D eigenvalue weighted by Gasteiger charge is 2.01. The Balaban J connectivity index is 1.58. The minimum Gasteiger partial charge on any atom is -0.254 e. The average Bonchev–Trinajstić information content (AvgIpc) is 2.55. The Morgan fingerprint density at radius 2 is 1.48 bits per heavy atom. The molecular weight excluding hydrogens is 276 g/mol. The van der Waals surface area contributed by atoms with Crippen LogP contribution in [-0.4, -0.2) is 9.96 Å². The Morgan fingerprint density at radius 1 is 0.810 bits per heavy atom. The number of allylic oxidation sites excluding steroid dienone is 1. The predicted molar refractivity (Wildman–Crippen MR) is 91.7 cm³/mol. The van der Waals surface area contributed by atoms with E-state index < -0.39 is 10.8 Å². The summed E-state index contributed by atoms with van der Waals surface area (Å²) in [6.45, 7) is 0. The van der Waals surface area contributed by atoms with E-state index in [9.17, 15) is 4.21 Å². The summed E-state index contributed by atoms with van der Waals surface area (Å²) in [4.78, 5) is 0.946. The fraction of sp³-hybridized carbons (Fsp3) is 0.263. The lowest BCUT2D eigenvalue weighted by Gasteiger charge is -2.01. The van der Waals surface area contributed by atoms with E-state index in [0.717, 1.165) is 36.3 Å².